The van der Waals surface area contributed by atoms with Crippen molar-refractivity contribution in [3.05, 3.63) is 82.5 Å². The van der Waals surface area contributed by atoms with Crippen LogP contribution in [0, 0.1) is 45.3 Å². The summed E-state index contributed by atoms with van der Waals surface area (Å²) in [4.78, 5) is 3.40. The molecule has 5 rings (SSSR count). The van der Waals surface area contributed by atoms with E-state index in [4.69, 9.17) is 0 Å². The first-order chi connectivity index (χ1) is 16.7. The zero-order valence-corrected chi connectivity index (χ0v) is 19.2. The van der Waals surface area contributed by atoms with Crippen LogP contribution in [0.1, 0.15) is 0 Å². The molecule has 0 amide bonds. The molecule has 0 aliphatic heterocycles. The lowest BCUT2D eigenvalue weighted by Crippen LogP contribution is -2.18. The van der Waals surface area contributed by atoms with Gasteiger partial charge in [-0.15, -0.1) is 22.7 Å². The van der Waals surface area contributed by atoms with Gasteiger partial charge in [0.15, 0.2) is 0 Å². The molecule has 0 atom stereocenters. The van der Waals surface area contributed by atoms with Crippen molar-refractivity contribution in [3.8, 4) is 44.5 Å². The van der Waals surface area contributed by atoms with Crippen LogP contribution in [0.15, 0.2) is 72.1 Å². The van der Waals surface area contributed by atoms with Gasteiger partial charge in [0.25, 0.3) is 0 Å². The molecule has 6 heteroatoms. The quantitative estimate of drug-likeness (QED) is 0.304. The van der Waals surface area contributed by atoms with Gasteiger partial charge in [-0.2, -0.15) is 21.0 Å². The first-order valence-electron chi connectivity index (χ1n) is 10.2. The predicted octanol–water partition coefficient (Wildman–Crippen LogP) is 5.85. The second kappa shape index (κ2) is 8.67. The first kappa shape index (κ1) is 21.1. The molecule has 2 aromatic heterocycles. The molecule has 156 valence electrons. The van der Waals surface area contributed by atoms with Crippen molar-refractivity contribution in [1.82, 2.24) is 0 Å². The molecule has 0 bridgehead atoms. The van der Waals surface area contributed by atoms with E-state index in [1.54, 1.807) is 22.7 Å². The molecule has 0 saturated heterocycles. The highest BCUT2D eigenvalue weighted by molar-refractivity contribution is 7.23. The van der Waals surface area contributed by atoms with Gasteiger partial charge in [0.05, 0.1) is 0 Å². The van der Waals surface area contributed by atoms with Crippen LogP contribution in [0.4, 0.5) is 0 Å². The molecule has 0 fully saturated rings. The SMILES string of the molecule is N#CC(C#N)=c1c2ccccc2c(=C(C#N)C#N)c2cc(-c3ccc(-c4cccs4)s3)ccc12. The Morgan fingerprint density at radius 1 is 0.559 bits per heavy atom. The molecular weight excluding hydrogens is 456 g/mol. The molecule has 0 aliphatic rings. The number of hydrogen-bond donors (Lipinski definition) is 0. The molecule has 2 heterocycles. The normalized spacial score (nSPS) is 10.2. The van der Waals surface area contributed by atoms with Gasteiger partial charge in [0, 0.05) is 25.1 Å². The van der Waals surface area contributed by atoms with E-state index >= 15 is 0 Å². The summed E-state index contributed by atoms with van der Waals surface area (Å²) in [5.74, 6) is 0. The van der Waals surface area contributed by atoms with Gasteiger partial charge in [-0.25, -0.2) is 0 Å². The average Bonchev–Trinajstić information content (AvgIpc) is 3.58. The molecule has 0 N–H and O–H groups in total. The summed E-state index contributed by atoms with van der Waals surface area (Å²) >= 11 is 3.35. The first-order valence-corrected chi connectivity index (χ1v) is 11.9. The van der Waals surface area contributed by atoms with Crippen molar-refractivity contribution in [2.24, 2.45) is 0 Å². The highest BCUT2D eigenvalue weighted by atomic mass is 32.1. The van der Waals surface area contributed by atoms with Crippen LogP contribution in [-0.4, -0.2) is 0 Å². The maximum Gasteiger partial charge on any atom is 0.138 e. The molecule has 5 aromatic rings. The lowest BCUT2D eigenvalue weighted by molar-refractivity contribution is 1.50. The van der Waals surface area contributed by atoms with Crippen LogP contribution in [0.2, 0.25) is 0 Å². The Hall–Kier alpha value is -4.72. The van der Waals surface area contributed by atoms with E-state index in [1.165, 1.54) is 4.88 Å². The fourth-order valence-corrected chi connectivity index (χ4v) is 6.03. The third-order valence-corrected chi connectivity index (χ3v) is 7.83. The summed E-state index contributed by atoms with van der Waals surface area (Å²) in [6.45, 7) is 0. The van der Waals surface area contributed by atoms with Crippen LogP contribution in [0.3, 0.4) is 0 Å². The van der Waals surface area contributed by atoms with Crippen LogP contribution in [0.5, 0.6) is 0 Å². The summed E-state index contributed by atoms with van der Waals surface area (Å²) in [5, 5.41) is 44.6. The van der Waals surface area contributed by atoms with E-state index < -0.39 is 0 Å². The Labute approximate surface area is 203 Å². The van der Waals surface area contributed by atoms with E-state index in [-0.39, 0.29) is 11.1 Å². The Morgan fingerprint density at radius 2 is 1.15 bits per heavy atom. The summed E-state index contributed by atoms with van der Waals surface area (Å²) < 4.78 is 0. The lowest BCUT2D eigenvalue weighted by atomic mass is 9.92. The highest BCUT2D eigenvalue weighted by Gasteiger charge is 2.14. The second-order valence-corrected chi connectivity index (χ2v) is 9.43. The van der Waals surface area contributed by atoms with Crippen molar-refractivity contribution in [1.29, 1.82) is 21.0 Å². The van der Waals surface area contributed by atoms with Gasteiger partial charge < -0.3 is 0 Å². The number of nitriles is 4. The van der Waals surface area contributed by atoms with Gasteiger partial charge >= 0.3 is 0 Å². The number of rotatable bonds is 2. The maximum atomic E-state index is 9.75. The monoisotopic (exact) mass is 468 g/mol. The van der Waals surface area contributed by atoms with E-state index in [9.17, 15) is 21.0 Å². The van der Waals surface area contributed by atoms with E-state index in [0.717, 1.165) is 15.3 Å². The molecular formula is C28H12N4S2. The average molecular weight is 469 g/mol. The molecule has 0 spiro atoms. The number of fused-ring (bicyclic) bond motifs is 2. The predicted molar refractivity (Wildman–Crippen MR) is 137 cm³/mol. The fraction of sp³-hybridized carbons (Fsp3) is 0. The second-order valence-electron chi connectivity index (χ2n) is 7.39. The highest BCUT2D eigenvalue weighted by Crippen LogP contribution is 2.37. The summed E-state index contributed by atoms with van der Waals surface area (Å²) in [5.41, 5.74) is 0.923. The lowest BCUT2D eigenvalue weighted by Gasteiger charge is -2.09. The van der Waals surface area contributed by atoms with E-state index in [1.807, 2.05) is 78.2 Å². The smallest absolute Gasteiger partial charge is 0.138 e. The molecule has 0 aliphatic carbocycles. The zero-order chi connectivity index (χ0) is 23.7. The largest absolute Gasteiger partial charge is 0.192 e. The Bertz CT molecular complexity index is 1870. The number of hydrogen-bond acceptors (Lipinski definition) is 6. The number of benzene rings is 3. The van der Waals surface area contributed by atoms with Crippen molar-refractivity contribution in [2.75, 3.05) is 0 Å². The zero-order valence-electron chi connectivity index (χ0n) is 17.5. The number of thiophene rings is 2. The van der Waals surface area contributed by atoms with Gasteiger partial charge in [-0.3, -0.25) is 0 Å². The van der Waals surface area contributed by atoms with E-state index in [2.05, 4.69) is 18.2 Å². The molecule has 34 heavy (non-hydrogen) atoms. The Morgan fingerprint density at radius 3 is 1.74 bits per heavy atom. The third kappa shape index (κ3) is 3.32. The standard InChI is InChI=1S/C28H12N4S2/c29-13-18(14-30)27-20-4-1-2-5-21(20)28(19(15-31)16-32)23-12-17(7-8-22(23)27)24-9-10-26(34-24)25-6-3-11-33-25/h1-12H. The Kier molecular flexibility index (Phi) is 5.39. The minimum absolute atomic E-state index is 0.00734. The van der Waals surface area contributed by atoms with Gasteiger partial charge in [0.2, 0.25) is 0 Å². The van der Waals surface area contributed by atoms with Gasteiger partial charge in [0.1, 0.15) is 35.4 Å². The van der Waals surface area contributed by atoms with Crippen molar-refractivity contribution in [2.45, 2.75) is 0 Å². The Balaban J connectivity index is 1.96. The summed E-state index contributed by atoms with van der Waals surface area (Å²) in [6.07, 6.45) is 0. The van der Waals surface area contributed by atoms with Crippen molar-refractivity contribution < 1.29 is 0 Å². The molecule has 0 radical (unpaired) electrons. The molecule has 4 nitrogen and oxygen atoms in total. The third-order valence-electron chi connectivity index (χ3n) is 5.63. The molecule has 0 unspecified atom stereocenters. The van der Waals surface area contributed by atoms with Gasteiger partial charge in [-0.1, -0.05) is 42.5 Å². The topological polar surface area (TPSA) is 95.2 Å². The summed E-state index contributed by atoms with van der Waals surface area (Å²) in [6, 6.07) is 29.4. The maximum absolute atomic E-state index is 9.75. The van der Waals surface area contributed by atoms with Crippen LogP contribution >= 0.6 is 22.7 Å². The summed E-state index contributed by atoms with van der Waals surface area (Å²) in [7, 11) is 0. The van der Waals surface area contributed by atoms with Crippen LogP contribution < -0.4 is 10.4 Å². The van der Waals surface area contributed by atoms with E-state index in [0.29, 0.717) is 32.0 Å². The molecule has 3 aromatic carbocycles. The van der Waals surface area contributed by atoms with Crippen molar-refractivity contribution in [3.63, 3.8) is 0 Å². The number of nitrogens with zero attached hydrogens (tertiary/aromatic N) is 4. The van der Waals surface area contributed by atoms with Crippen molar-refractivity contribution >= 4 is 55.4 Å². The fourth-order valence-electron chi connectivity index (χ4n) is 4.19. The molecule has 0 saturated carbocycles. The van der Waals surface area contributed by atoms with Gasteiger partial charge in [-0.05, 0) is 56.8 Å². The minimum atomic E-state index is -0.00850. The van der Waals surface area contributed by atoms with Crippen LogP contribution in [-0.2, 0) is 0 Å². The van der Waals surface area contributed by atoms with Crippen LogP contribution in [0.25, 0.3) is 52.9 Å². The minimum Gasteiger partial charge on any atom is -0.192 e.